The highest BCUT2D eigenvalue weighted by molar-refractivity contribution is 7.77. The zero-order valence-electron chi connectivity index (χ0n) is 10.3. The first-order chi connectivity index (χ1) is 8.65. The SMILES string of the molecule is CCCCCN(NS(=O)O)C(=O)c1ccccc1. The van der Waals surface area contributed by atoms with Crippen LogP contribution in [0.1, 0.15) is 36.5 Å². The Hall–Kier alpha value is -1.24. The van der Waals surface area contributed by atoms with Crippen LogP contribution in [0, 0.1) is 0 Å². The molecule has 5 nitrogen and oxygen atoms in total. The number of nitrogens with one attached hydrogen (secondary N) is 1. The predicted molar refractivity (Wildman–Crippen MR) is 70.9 cm³/mol. The van der Waals surface area contributed by atoms with E-state index in [4.69, 9.17) is 4.55 Å². The quantitative estimate of drug-likeness (QED) is 0.452. The zero-order chi connectivity index (χ0) is 13.4. The molecule has 0 aromatic heterocycles. The summed E-state index contributed by atoms with van der Waals surface area (Å²) in [5, 5.41) is 1.20. The van der Waals surface area contributed by atoms with Crippen LogP contribution in [0.5, 0.6) is 0 Å². The Labute approximate surface area is 110 Å². The first kappa shape index (κ1) is 14.8. The molecular weight excluding hydrogens is 252 g/mol. The molecule has 1 amide bonds. The van der Waals surface area contributed by atoms with Crippen molar-refractivity contribution in [2.45, 2.75) is 26.2 Å². The largest absolute Gasteiger partial charge is 0.293 e. The van der Waals surface area contributed by atoms with Crippen molar-refractivity contribution in [1.82, 2.24) is 9.84 Å². The smallest absolute Gasteiger partial charge is 0.268 e. The van der Waals surface area contributed by atoms with Crippen LogP contribution in [0.15, 0.2) is 30.3 Å². The lowest BCUT2D eigenvalue weighted by molar-refractivity contribution is 0.0713. The number of carbonyl (C=O) groups is 1. The van der Waals surface area contributed by atoms with Gasteiger partial charge in [0.1, 0.15) is 0 Å². The number of hydrogen-bond acceptors (Lipinski definition) is 2. The van der Waals surface area contributed by atoms with Crippen LogP contribution in [-0.2, 0) is 11.3 Å². The van der Waals surface area contributed by atoms with Crippen molar-refractivity contribution >= 4 is 17.2 Å². The zero-order valence-corrected chi connectivity index (χ0v) is 11.2. The second-order valence-electron chi connectivity index (χ2n) is 3.87. The maximum absolute atomic E-state index is 12.1. The molecule has 2 N–H and O–H groups in total. The van der Waals surface area contributed by atoms with Gasteiger partial charge in [0.2, 0.25) is 0 Å². The van der Waals surface area contributed by atoms with Gasteiger partial charge in [0.25, 0.3) is 17.2 Å². The molecule has 0 aliphatic carbocycles. The molecule has 0 bridgehead atoms. The van der Waals surface area contributed by atoms with Crippen LogP contribution >= 0.6 is 0 Å². The molecule has 1 atom stereocenters. The maximum atomic E-state index is 12.1. The number of amides is 1. The summed E-state index contributed by atoms with van der Waals surface area (Å²) in [4.78, 5) is 14.3. The van der Waals surface area contributed by atoms with Crippen molar-refractivity contribution in [1.29, 1.82) is 0 Å². The summed E-state index contributed by atoms with van der Waals surface area (Å²) in [7, 11) is 0. The van der Waals surface area contributed by atoms with E-state index in [-0.39, 0.29) is 5.91 Å². The minimum absolute atomic E-state index is 0.297. The van der Waals surface area contributed by atoms with E-state index in [2.05, 4.69) is 11.8 Å². The molecule has 1 aromatic rings. The summed E-state index contributed by atoms with van der Waals surface area (Å²) in [6.07, 6.45) is 2.78. The summed E-state index contributed by atoms with van der Waals surface area (Å²) < 4.78 is 19.6. The average Bonchev–Trinajstić information content (AvgIpc) is 2.37. The van der Waals surface area contributed by atoms with Gasteiger partial charge in [-0.25, -0.2) is 4.21 Å². The summed E-state index contributed by atoms with van der Waals surface area (Å²) in [6, 6.07) is 8.69. The third-order valence-corrected chi connectivity index (χ3v) is 2.82. The van der Waals surface area contributed by atoms with Gasteiger partial charge in [0.15, 0.2) is 0 Å². The highest BCUT2D eigenvalue weighted by Crippen LogP contribution is 2.05. The molecule has 0 saturated heterocycles. The van der Waals surface area contributed by atoms with E-state index >= 15 is 0 Å². The van der Waals surface area contributed by atoms with Gasteiger partial charge in [-0.15, -0.1) is 4.83 Å². The number of hydrogen-bond donors (Lipinski definition) is 2. The fourth-order valence-electron chi connectivity index (χ4n) is 1.54. The maximum Gasteiger partial charge on any atom is 0.268 e. The lowest BCUT2D eigenvalue weighted by atomic mass is 10.2. The lowest BCUT2D eigenvalue weighted by Crippen LogP contribution is -2.44. The number of hydrazine groups is 1. The van der Waals surface area contributed by atoms with Crippen LogP contribution in [0.2, 0.25) is 0 Å². The van der Waals surface area contributed by atoms with Gasteiger partial charge < -0.3 is 0 Å². The fourth-order valence-corrected chi connectivity index (χ4v) is 1.90. The van der Waals surface area contributed by atoms with Gasteiger partial charge >= 0.3 is 0 Å². The molecule has 100 valence electrons. The second kappa shape index (κ2) is 7.97. The van der Waals surface area contributed by atoms with Crippen LogP contribution in [0.25, 0.3) is 0 Å². The van der Waals surface area contributed by atoms with Crippen LogP contribution in [0.4, 0.5) is 0 Å². The molecule has 1 unspecified atom stereocenters. The Balaban J connectivity index is 2.69. The monoisotopic (exact) mass is 270 g/mol. The Kier molecular flexibility index (Phi) is 6.56. The van der Waals surface area contributed by atoms with Gasteiger partial charge in [0.05, 0.1) is 0 Å². The van der Waals surface area contributed by atoms with Crippen LogP contribution < -0.4 is 4.83 Å². The third-order valence-electron chi connectivity index (χ3n) is 2.44. The first-order valence-corrected chi connectivity index (χ1v) is 7.00. The summed E-state index contributed by atoms with van der Waals surface area (Å²) in [6.45, 7) is 2.47. The van der Waals surface area contributed by atoms with Gasteiger partial charge in [0, 0.05) is 12.1 Å². The second-order valence-corrected chi connectivity index (χ2v) is 4.55. The number of rotatable bonds is 7. The lowest BCUT2D eigenvalue weighted by Gasteiger charge is -2.21. The van der Waals surface area contributed by atoms with E-state index in [9.17, 15) is 9.00 Å². The van der Waals surface area contributed by atoms with Gasteiger partial charge in [-0.1, -0.05) is 38.0 Å². The first-order valence-electron chi connectivity index (χ1n) is 5.89. The normalized spacial score (nSPS) is 12.1. The number of carbonyl (C=O) groups excluding carboxylic acids is 1. The van der Waals surface area contributed by atoms with E-state index < -0.39 is 11.3 Å². The molecule has 0 radical (unpaired) electrons. The van der Waals surface area contributed by atoms with E-state index in [1.54, 1.807) is 24.3 Å². The Morgan fingerprint density at radius 1 is 1.33 bits per heavy atom. The molecule has 0 fully saturated rings. The molecule has 0 aliphatic rings. The van der Waals surface area contributed by atoms with Crippen molar-refractivity contribution in [2.24, 2.45) is 0 Å². The van der Waals surface area contributed by atoms with E-state index in [0.717, 1.165) is 19.3 Å². The predicted octanol–water partition coefficient (Wildman–Crippen LogP) is 1.96. The van der Waals surface area contributed by atoms with Crippen molar-refractivity contribution in [3.63, 3.8) is 0 Å². The van der Waals surface area contributed by atoms with Gasteiger partial charge in [-0.05, 0) is 18.6 Å². The molecule has 1 aromatic carbocycles. The van der Waals surface area contributed by atoms with Crippen molar-refractivity contribution in [3.05, 3.63) is 35.9 Å². The third kappa shape index (κ3) is 4.95. The van der Waals surface area contributed by atoms with Crippen molar-refractivity contribution in [2.75, 3.05) is 6.54 Å². The molecule has 18 heavy (non-hydrogen) atoms. The van der Waals surface area contributed by atoms with E-state index in [1.165, 1.54) is 5.01 Å². The Bertz CT molecular complexity index is 398. The number of nitrogens with zero attached hydrogens (tertiary/aromatic N) is 1. The van der Waals surface area contributed by atoms with E-state index in [1.807, 2.05) is 6.07 Å². The Morgan fingerprint density at radius 3 is 2.56 bits per heavy atom. The average molecular weight is 270 g/mol. The van der Waals surface area contributed by atoms with Gasteiger partial charge in [-0.3, -0.25) is 14.4 Å². The molecule has 0 spiro atoms. The van der Waals surface area contributed by atoms with Crippen molar-refractivity contribution < 1.29 is 13.6 Å². The Morgan fingerprint density at radius 2 is 2.00 bits per heavy atom. The molecule has 1 rings (SSSR count). The minimum Gasteiger partial charge on any atom is -0.293 e. The van der Waals surface area contributed by atoms with Gasteiger partial charge in [-0.2, -0.15) is 0 Å². The van der Waals surface area contributed by atoms with Crippen molar-refractivity contribution in [3.8, 4) is 0 Å². The molecule has 0 aliphatic heterocycles. The van der Waals surface area contributed by atoms with E-state index in [0.29, 0.717) is 12.1 Å². The number of benzene rings is 1. The fraction of sp³-hybridized carbons (Fsp3) is 0.417. The van der Waals surface area contributed by atoms with Crippen LogP contribution in [0.3, 0.4) is 0 Å². The molecule has 6 heteroatoms. The topological polar surface area (TPSA) is 69.6 Å². The molecule has 0 heterocycles. The summed E-state index contributed by atoms with van der Waals surface area (Å²) in [5.41, 5.74) is 0.493. The minimum atomic E-state index is -2.24. The summed E-state index contributed by atoms with van der Waals surface area (Å²) in [5.74, 6) is -0.297. The highest BCUT2D eigenvalue weighted by Gasteiger charge is 2.16. The summed E-state index contributed by atoms with van der Waals surface area (Å²) >= 11 is -2.24. The van der Waals surface area contributed by atoms with Crippen LogP contribution in [-0.4, -0.2) is 26.2 Å². The standard InChI is InChI=1S/C12H18N2O3S/c1-2-3-7-10-14(13-18(16)17)12(15)11-8-5-4-6-9-11/h4-6,8-9,13H,2-3,7,10H2,1H3,(H,16,17). The molecule has 0 saturated carbocycles. The molecular formula is C12H18N2O3S. The highest BCUT2D eigenvalue weighted by atomic mass is 32.2. The number of unbranched alkanes of at least 4 members (excludes halogenated alkanes) is 2.